The molecule has 32 heavy (non-hydrogen) atoms. The summed E-state index contributed by atoms with van der Waals surface area (Å²) in [5, 5.41) is 7.79. The van der Waals surface area contributed by atoms with Gasteiger partial charge in [-0.15, -0.1) is 0 Å². The fourth-order valence-corrected chi connectivity index (χ4v) is 2.71. The Morgan fingerprint density at radius 3 is 2.34 bits per heavy atom. The van der Waals surface area contributed by atoms with Gasteiger partial charge in [0.15, 0.2) is 0 Å². The second kappa shape index (κ2) is 9.94. The van der Waals surface area contributed by atoms with Gasteiger partial charge in [-0.2, -0.15) is 0 Å². The van der Waals surface area contributed by atoms with E-state index >= 15 is 0 Å². The van der Waals surface area contributed by atoms with Gasteiger partial charge in [-0.05, 0) is 48.5 Å². The number of benzene rings is 2. The number of pyridine rings is 1. The van der Waals surface area contributed by atoms with Crippen molar-refractivity contribution in [3.05, 3.63) is 72.1 Å². The van der Waals surface area contributed by atoms with Gasteiger partial charge < -0.3 is 31.2 Å². The molecule has 0 bridgehead atoms. The third kappa shape index (κ3) is 5.51. The zero-order chi connectivity index (χ0) is 23.1. The molecule has 0 saturated carbocycles. The quantitative estimate of drug-likeness (QED) is 0.449. The van der Waals surface area contributed by atoms with Crippen LogP contribution < -0.4 is 31.2 Å². The molecule has 3 rings (SSSR count). The maximum atomic E-state index is 12.4. The molecule has 10 heteroatoms. The average Bonchev–Trinajstić information content (AvgIpc) is 2.79. The highest BCUT2D eigenvalue weighted by Crippen LogP contribution is 2.26. The van der Waals surface area contributed by atoms with Crippen LogP contribution in [0.2, 0.25) is 0 Å². The highest BCUT2D eigenvalue weighted by Gasteiger charge is 2.11. The predicted octanol–water partition coefficient (Wildman–Crippen LogP) is 2.99. The number of anilines is 2. The monoisotopic (exact) mass is 435 g/mol. The van der Waals surface area contributed by atoms with Crippen LogP contribution in [0.15, 0.2) is 60.8 Å². The van der Waals surface area contributed by atoms with Gasteiger partial charge in [0.25, 0.3) is 5.91 Å². The molecule has 1 heterocycles. The maximum Gasteiger partial charge on any atom is 0.323 e. The zero-order valence-corrected chi connectivity index (χ0v) is 17.3. The minimum atomic E-state index is -0.622. The zero-order valence-electron chi connectivity index (χ0n) is 17.3. The van der Waals surface area contributed by atoms with Crippen molar-refractivity contribution in [2.75, 3.05) is 24.8 Å². The molecule has 1 aromatic heterocycles. The van der Waals surface area contributed by atoms with Crippen LogP contribution in [0.4, 0.5) is 16.2 Å². The van der Waals surface area contributed by atoms with E-state index in [1.54, 1.807) is 30.3 Å². The van der Waals surface area contributed by atoms with Crippen molar-refractivity contribution in [1.29, 1.82) is 0 Å². The molecule has 10 nitrogen and oxygen atoms in total. The molecule has 2 aromatic carbocycles. The van der Waals surface area contributed by atoms with Gasteiger partial charge in [-0.25, -0.2) is 4.79 Å². The van der Waals surface area contributed by atoms with Crippen LogP contribution in [0.3, 0.4) is 0 Å². The van der Waals surface area contributed by atoms with E-state index < -0.39 is 11.9 Å². The van der Waals surface area contributed by atoms with Gasteiger partial charge in [0.2, 0.25) is 5.91 Å². The van der Waals surface area contributed by atoms with Gasteiger partial charge in [0, 0.05) is 30.6 Å². The average molecular weight is 435 g/mol. The summed E-state index contributed by atoms with van der Waals surface area (Å²) in [6.45, 7) is 0. The first-order valence-corrected chi connectivity index (χ1v) is 9.41. The van der Waals surface area contributed by atoms with Crippen molar-refractivity contribution < 1.29 is 23.9 Å². The topological polar surface area (TPSA) is 145 Å². The summed E-state index contributed by atoms with van der Waals surface area (Å²) in [4.78, 5) is 39.4. The number of ether oxygens (including phenoxy) is 2. The first kappa shape index (κ1) is 22.1. The van der Waals surface area contributed by atoms with Crippen molar-refractivity contribution in [2.45, 2.75) is 0 Å². The van der Waals surface area contributed by atoms with Crippen molar-refractivity contribution in [3.8, 4) is 17.2 Å². The lowest BCUT2D eigenvalue weighted by atomic mass is 10.2. The van der Waals surface area contributed by atoms with Crippen LogP contribution in [-0.4, -0.2) is 37.0 Å². The van der Waals surface area contributed by atoms with E-state index in [0.29, 0.717) is 28.6 Å². The molecule has 0 aliphatic heterocycles. The number of amides is 4. The van der Waals surface area contributed by atoms with E-state index in [2.05, 4.69) is 20.9 Å². The Bertz CT molecular complexity index is 1150. The van der Waals surface area contributed by atoms with Crippen molar-refractivity contribution >= 4 is 29.2 Å². The highest BCUT2D eigenvalue weighted by molar-refractivity contribution is 6.02. The van der Waals surface area contributed by atoms with Crippen LogP contribution >= 0.6 is 0 Å². The normalized spacial score (nSPS) is 10.1. The molecule has 0 fully saturated rings. The summed E-state index contributed by atoms with van der Waals surface area (Å²) in [6.07, 6.45) is 1.47. The van der Waals surface area contributed by atoms with Gasteiger partial charge in [0.05, 0.1) is 12.8 Å². The maximum absolute atomic E-state index is 12.4. The first-order valence-electron chi connectivity index (χ1n) is 9.41. The van der Waals surface area contributed by atoms with Gasteiger partial charge in [-0.1, -0.05) is 0 Å². The van der Waals surface area contributed by atoms with Gasteiger partial charge in [-0.3, -0.25) is 14.6 Å². The fraction of sp³-hybridized carbons (Fsp3) is 0.0909. The number of hydrogen-bond donors (Lipinski definition) is 4. The minimum Gasteiger partial charge on any atom is -0.495 e. The van der Waals surface area contributed by atoms with Crippen molar-refractivity contribution in [3.63, 3.8) is 0 Å². The van der Waals surface area contributed by atoms with Crippen molar-refractivity contribution in [1.82, 2.24) is 10.3 Å². The standard InChI is InChI=1S/C22H21N5O5/c1-24-21(29)18-12-16(9-10-25-18)32-15-6-4-14(5-7-15)26-22(30)27-17-11-13(20(23)28)3-8-19(17)31-2/h3-12H,1-2H3,(H2,23,28)(H,24,29)(H2,26,27,30). The number of hydrogen-bond acceptors (Lipinski definition) is 6. The van der Waals surface area contributed by atoms with E-state index in [4.69, 9.17) is 15.2 Å². The highest BCUT2D eigenvalue weighted by atomic mass is 16.5. The smallest absolute Gasteiger partial charge is 0.323 e. The number of urea groups is 1. The third-order valence-electron chi connectivity index (χ3n) is 4.27. The van der Waals surface area contributed by atoms with Crippen LogP contribution in [0.25, 0.3) is 0 Å². The number of carbonyl (C=O) groups is 3. The van der Waals surface area contributed by atoms with Crippen LogP contribution in [0, 0.1) is 0 Å². The lowest BCUT2D eigenvalue weighted by Gasteiger charge is -2.12. The summed E-state index contributed by atoms with van der Waals surface area (Å²) in [5.74, 6) is 0.379. The predicted molar refractivity (Wildman–Crippen MR) is 118 cm³/mol. The fourth-order valence-electron chi connectivity index (χ4n) is 2.71. The molecule has 0 spiro atoms. The molecular formula is C22H21N5O5. The third-order valence-corrected chi connectivity index (χ3v) is 4.27. The van der Waals surface area contributed by atoms with E-state index in [-0.39, 0.29) is 17.2 Å². The number of nitrogens with two attached hydrogens (primary N) is 1. The Balaban J connectivity index is 1.65. The Kier molecular flexibility index (Phi) is 6.86. The van der Waals surface area contributed by atoms with Crippen molar-refractivity contribution in [2.24, 2.45) is 5.73 Å². The molecule has 164 valence electrons. The molecule has 0 aliphatic carbocycles. The number of aromatic nitrogens is 1. The number of methoxy groups -OCH3 is 1. The first-order chi connectivity index (χ1) is 15.4. The second-order valence-corrected chi connectivity index (χ2v) is 6.44. The largest absolute Gasteiger partial charge is 0.495 e. The van der Waals surface area contributed by atoms with Gasteiger partial charge in [0.1, 0.15) is 22.9 Å². The summed E-state index contributed by atoms with van der Waals surface area (Å²) >= 11 is 0. The SMILES string of the molecule is CNC(=O)c1cc(Oc2ccc(NC(=O)Nc3cc(C(N)=O)ccc3OC)cc2)ccn1. The second-order valence-electron chi connectivity index (χ2n) is 6.44. The van der Waals surface area contributed by atoms with E-state index in [1.165, 1.54) is 44.6 Å². The summed E-state index contributed by atoms with van der Waals surface area (Å²) in [7, 11) is 2.96. The number of nitrogens with one attached hydrogen (secondary N) is 3. The minimum absolute atomic E-state index is 0.232. The molecule has 4 amide bonds. The van der Waals surface area contributed by atoms with Crippen LogP contribution in [0.1, 0.15) is 20.8 Å². The number of nitrogens with zero attached hydrogens (tertiary/aromatic N) is 1. The number of primary amides is 1. The molecule has 3 aromatic rings. The van der Waals surface area contributed by atoms with E-state index in [9.17, 15) is 14.4 Å². The van der Waals surface area contributed by atoms with E-state index in [1.807, 2.05) is 0 Å². The molecule has 0 unspecified atom stereocenters. The van der Waals surface area contributed by atoms with E-state index in [0.717, 1.165) is 0 Å². The molecule has 0 radical (unpaired) electrons. The molecule has 0 atom stereocenters. The molecule has 0 aliphatic rings. The molecular weight excluding hydrogens is 414 g/mol. The summed E-state index contributed by atoms with van der Waals surface area (Å²) in [6, 6.07) is 13.7. The Labute approximate surface area is 183 Å². The number of rotatable bonds is 7. The van der Waals surface area contributed by atoms with Crippen LogP contribution in [0.5, 0.6) is 17.2 Å². The Hall–Kier alpha value is -4.60. The summed E-state index contributed by atoms with van der Waals surface area (Å²) < 4.78 is 10.9. The number of carbonyl (C=O) groups excluding carboxylic acids is 3. The molecule has 5 N–H and O–H groups in total. The lowest BCUT2D eigenvalue weighted by molar-refractivity contribution is 0.0956. The summed E-state index contributed by atoms with van der Waals surface area (Å²) in [5.41, 5.74) is 6.55. The lowest BCUT2D eigenvalue weighted by Crippen LogP contribution is -2.20. The Morgan fingerprint density at radius 2 is 1.69 bits per heavy atom. The van der Waals surface area contributed by atoms with Gasteiger partial charge >= 0.3 is 6.03 Å². The Morgan fingerprint density at radius 1 is 0.938 bits per heavy atom. The van der Waals surface area contributed by atoms with Crippen LogP contribution in [-0.2, 0) is 0 Å². The molecule has 0 saturated heterocycles.